The first-order valence-electron chi connectivity index (χ1n) is 9.03. The number of guanidine groups is 1. The lowest BCUT2D eigenvalue weighted by atomic mass is 10.2. The van der Waals surface area contributed by atoms with Crippen LogP contribution in [0.5, 0.6) is 0 Å². The molecule has 0 unspecified atom stereocenters. The van der Waals surface area contributed by atoms with Gasteiger partial charge in [0.15, 0.2) is 5.96 Å². The van der Waals surface area contributed by atoms with Crippen molar-refractivity contribution in [3.8, 4) is 0 Å². The fourth-order valence-corrected chi connectivity index (χ4v) is 3.28. The molecule has 7 nitrogen and oxygen atoms in total. The summed E-state index contributed by atoms with van der Waals surface area (Å²) >= 11 is 1.70. The normalized spacial score (nSPS) is 16.5. The van der Waals surface area contributed by atoms with E-state index in [-0.39, 0.29) is 6.09 Å². The van der Waals surface area contributed by atoms with Gasteiger partial charge in [0.25, 0.3) is 0 Å². The van der Waals surface area contributed by atoms with E-state index in [4.69, 9.17) is 4.74 Å². The van der Waals surface area contributed by atoms with Gasteiger partial charge in [-0.2, -0.15) is 11.3 Å². The van der Waals surface area contributed by atoms with E-state index in [1.165, 1.54) is 5.56 Å². The number of carbonyl (C=O) groups is 1. The Balaban J connectivity index is 1.62. The van der Waals surface area contributed by atoms with Gasteiger partial charge in [-0.1, -0.05) is 0 Å². The first-order chi connectivity index (χ1) is 12.4. The highest BCUT2D eigenvalue weighted by atomic mass is 32.1. The number of carbonyl (C=O) groups excluding carboxylic acids is 1. The molecule has 1 fully saturated rings. The summed E-state index contributed by atoms with van der Waals surface area (Å²) in [5.41, 5.74) is 0.820. The van der Waals surface area contributed by atoms with E-state index in [2.05, 4.69) is 37.4 Å². The summed E-state index contributed by atoms with van der Waals surface area (Å²) in [6, 6.07) is 2.11. The molecule has 1 saturated heterocycles. The van der Waals surface area contributed by atoms with Gasteiger partial charge in [0.1, 0.15) is 5.60 Å². The third-order valence-corrected chi connectivity index (χ3v) is 4.74. The first-order valence-corrected chi connectivity index (χ1v) is 9.97. The minimum absolute atomic E-state index is 0.215. The van der Waals surface area contributed by atoms with Gasteiger partial charge in [0, 0.05) is 52.9 Å². The zero-order chi connectivity index (χ0) is 19.0. The third kappa shape index (κ3) is 7.21. The number of rotatable bonds is 5. The highest BCUT2D eigenvalue weighted by Crippen LogP contribution is 2.11. The van der Waals surface area contributed by atoms with Crippen LogP contribution in [0.15, 0.2) is 21.8 Å². The molecule has 0 bridgehead atoms. The molecule has 2 rings (SSSR count). The molecular formula is C18H31N5O2S. The number of amides is 1. The topological polar surface area (TPSA) is 69.2 Å². The molecule has 0 aliphatic carbocycles. The maximum absolute atomic E-state index is 12.1. The molecule has 2 N–H and O–H groups in total. The van der Waals surface area contributed by atoms with Crippen LogP contribution in [0.3, 0.4) is 0 Å². The second-order valence-electron chi connectivity index (χ2n) is 7.29. The molecule has 2 heterocycles. The van der Waals surface area contributed by atoms with Gasteiger partial charge in [-0.15, -0.1) is 0 Å². The second-order valence-corrected chi connectivity index (χ2v) is 8.07. The van der Waals surface area contributed by atoms with Crippen molar-refractivity contribution in [1.82, 2.24) is 20.4 Å². The fourth-order valence-electron chi connectivity index (χ4n) is 2.61. The molecule has 8 heteroatoms. The minimum Gasteiger partial charge on any atom is -0.444 e. The summed E-state index contributed by atoms with van der Waals surface area (Å²) in [5.74, 6) is 0.809. The van der Waals surface area contributed by atoms with Crippen molar-refractivity contribution in [3.63, 3.8) is 0 Å². The van der Waals surface area contributed by atoms with Gasteiger partial charge in [-0.3, -0.25) is 9.89 Å². The summed E-state index contributed by atoms with van der Waals surface area (Å²) < 4.78 is 5.43. The quantitative estimate of drug-likeness (QED) is 0.603. The Kier molecular flexibility index (Phi) is 7.71. The molecular weight excluding hydrogens is 350 g/mol. The molecule has 0 radical (unpaired) electrons. The lowest BCUT2D eigenvalue weighted by Gasteiger charge is -2.35. The highest BCUT2D eigenvalue weighted by Gasteiger charge is 2.25. The van der Waals surface area contributed by atoms with Gasteiger partial charge in [0.2, 0.25) is 0 Å². The monoisotopic (exact) mass is 381 g/mol. The van der Waals surface area contributed by atoms with E-state index in [0.29, 0.717) is 13.1 Å². The van der Waals surface area contributed by atoms with Crippen LogP contribution in [0.2, 0.25) is 0 Å². The summed E-state index contributed by atoms with van der Waals surface area (Å²) in [6.07, 6.45) is -0.215. The molecule has 0 atom stereocenters. The average Bonchev–Trinajstić information content (AvgIpc) is 3.10. The van der Waals surface area contributed by atoms with Crippen molar-refractivity contribution < 1.29 is 9.53 Å². The zero-order valence-electron chi connectivity index (χ0n) is 16.2. The molecule has 1 amide bonds. The van der Waals surface area contributed by atoms with Crippen molar-refractivity contribution in [1.29, 1.82) is 0 Å². The van der Waals surface area contributed by atoms with E-state index in [9.17, 15) is 4.79 Å². The van der Waals surface area contributed by atoms with Crippen molar-refractivity contribution >= 4 is 23.4 Å². The first kappa shape index (κ1) is 20.5. The van der Waals surface area contributed by atoms with E-state index >= 15 is 0 Å². The number of nitrogens with one attached hydrogen (secondary N) is 2. The smallest absolute Gasteiger partial charge is 0.410 e. The predicted octanol–water partition coefficient (Wildman–Crippen LogP) is 1.97. The van der Waals surface area contributed by atoms with Gasteiger partial charge < -0.3 is 20.3 Å². The zero-order valence-corrected chi connectivity index (χ0v) is 17.1. The number of nitrogens with zero attached hydrogens (tertiary/aromatic N) is 3. The summed E-state index contributed by atoms with van der Waals surface area (Å²) in [5, 5.41) is 10.9. The molecule has 0 saturated carbocycles. The minimum atomic E-state index is -0.440. The van der Waals surface area contributed by atoms with Crippen LogP contribution < -0.4 is 10.6 Å². The number of aliphatic imine (C=N–C) groups is 1. The Morgan fingerprint density at radius 2 is 2.00 bits per heavy atom. The fraction of sp³-hybridized carbons (Fsp3) is 0.667. The third-order valence-electron chi connectivity index (χ3n) is 4.01. The van der Waals surface area contributed by atoms with Crippen LogP contribution in [-0.2, 0) is 11.3 Å². The van der Waals surface area contributed by atoms with Gasteiger partial charge >= 0.3 is 6.09 Å². The Morgan fingerprint density at radius 1 is 1.27 bits per heavy atom. The van der Waals surface area contributed by atoms with Crippen LogP contribution in [0.25, 0.3) is 0 Å². The van der Waals surface area contributed by atoms with E-state index in [0.717, 1.165) is 38.7 Å². The number of ether oxygens (including phenoxy) is 1. The molecule has 1 aliphatic rings. The lowest BCUT2D eigenvalue weighted by Crippen LogP contribution is -2.51. The Bertz CT molecular complexity index is 575. The van der Waals surface area contributed by atoms with Crippen LogP contribution >= 0.6 is 11.3 Å². The van der Waals surface area contributed by atoms with Crippen LogP contribution in [0.4, 0.5) is 4.79 Å². The second kappa shape index (κ2) is 9.78. The van der Waals surface area contributed by atoms with Gasteiger partial charge in [-0.25, -0.2) is 4.79 Å². The maximum atomic E-state index is 12.1. The number of thiophene rings is 1. The summed E-state index contributed by atoms with van der Waals surface area (Å²) in [6.45, 7) is 11.3. The number of piperazine rings is 1. The number of hydrogen-bond donors (Lipinski definition) is 2. The summed E-state index contributed by atoms with van der Waals surface area (Å²) in [7, 11) is 1.78. The van der Waals surface area contributed by atoms with Gasteiger partial charge in [-0.05, 0) is 43.2 Å². The number of hydrogen-bond acceptors (Lipinski definition) is 5. The molecule has 1 aromatic heterocycles. The largest absolute Gasteiger partial charge is 0.444 e. The van der Waals surface area contributed by atoms with Crippen molar-refractivity contribution in [2.24, 2.45) is 4.99 Å². The highest BCUT2D eigenvalue weighted by molar-refractivity contribution is 7.07. The maximum Gasteiger partial charge on any atom is 0.410 e. The van der Waals surface area contributed by atoms with E-state index < -0.39 is 5.60 Å². The predicted molar refractivity (Wildman–Crippen MR) is 107 cm³/mol. The molecule has 0 spiro atoms. The van der Waals surface area contributed by atoms with Crippen LogP contribution in [0, 0.1) is 0 Å². The molecule has 1 aliphatic heterocycles. The van der Waals surface area contributed by atoms with E-state index in [1.54, 1.807) is 23.3 Å². The average molecular weight is 382 g/mol. The van der Waals surface area contributed by atoms with Crippen LogP contribution in [0.1, 0.15) is 26.3 Å². The van der Waals surface area contributed by atoms with Gasteiger partial charge in [0.05, 0.1) is 0 Å². The Labute approximate surface area is 160 Å². The molecule has 26 heavy (non-hydrogen) atoms. The Hall–Kier alpha value is -1.80. The standard InChI is InChI=1S/C18H31N5O2S/c1-18(2,3)25-17(24)23-10-8-22(9-11-23)7-6-20-16(19-4)21-13-15-5-12-26-14-15/h5,12,14H,6-11,13H2,1-4H3,(H2,19,20,21). The van der Waals surface area contributed by atoms with E-state index in [1.807, 2.05) is 20.8 Å². The Morgan fingerprint density at radius 3 is 2.58 bits per heavy atom. The molecule has 0 aromatic carbocycles. The van der Waals surface area contributed by atoms with Crippen LogP contribution in [-0.4, -0.2) is 73.8 Å². The van der Waals surface area contributed by atoms with Crippen molar-refractivity contribution in [2.75, 3.05) is 46.3 Å². The molecule has 146 valence electrons. The molecule has 1 aromatic rings. The SMILES string of the molecule is CN=C(NCCN1CCN(C(=O)OC(C)(C)C)CC1)NCc1ccsc1. The van der Waals surface area contributed by atoms with Crippen molar-refractivity contribution in [2.45, 2.75) is 32.9 Å². The summed E-state index contributed by atoms with van der Waals surface area (Å²) in [4.78, 5) is 20.5. The lowest BCUT2D eigenvalue weighted by molar-refractivity contribution is 0.0147. The van der Waals surface area contributed by atoms with Crippen molar-refractivity contribution in [3.05, 3.63) is 22.4 Å².